The number of benzene rings is 1. The monoisotopic (exact) mass is 521 g/mol. The zero-order valence-electron chi connectivity index (χ0n) is 21.6. The molecule has 0 saturated carbocycles. The second-order valence-corrected chi connectivity index (χ2v) is 11.1. The van der Waals surface area contributed by atoms with E-state index in [1.54, 1.807) is 0 Å². The van der Waals surface area contributed by atoms with Crippen molar-refractivity contribution in [2.75, 3.05) is 51.8 Å². The van der Waals surface area contributed by atoms with Crippen molar-refractivity contribution in [2.24, 2.45) is 5.92 Å². The zero-order chi connectivity index (χ0) is 25.6. The molecule has 3 aliphatic rings. The molecule has 8 nitrogen and oxygen atoms in total. The minimum atomic E-state index is 0.0465. The third kappa shape index (κ3) is 6.71. The average Bonchev–Trinajstić information content (AvgIpc) is 3.55. The molecule has 0 spiro atoms. The number of hydrogen-bond donors (Lipinski definition) is 1. The minimum absolute atomic E-state index is 0.0465. The van der Waals surface area contributed by atoms with Crippen molar-refractivity contribution in [1.29, 1.82) is 0 Å². The number of ether oxygens (including phenoxy) is 2. The van der Waals surface area contributed by atoms with Crippen LogP contribution in [0.4, 0.5) is 11.6 Å². The van der Waals surface area contributed by atoms with E-state index < -0.39 is 0 Å². The first-order valence-corrected chi connectivity index (χ1v) is 13.9. The molecule has 1 saturated heterocycles. The summed E-state index contributed by atoms with van der Waals surface area (Å²) in [5.74, 6) is 1.70. The number of fused-ring (bicyclic) bond motifs is 7. The van der Waals surface area contributed by atoms with Crippen molar-refractivity contribution in [3.05, 3.63) is 64.9 Å². The van der Waals surface area contributed by atoms with E-state index >= 15 is 0 Å². The van der Waals surface area contributed by atoms with Gasteiger partial charge in [-0.25, -0.2) is 9.97 Å². The predicted octanol–water partition coefficient (Wildman–Crippen LogP) is 4.55. The number of nitrogens with zero attached hydrogens (tertiary/aromatic N) is 4. The molecule has 1 aromatic heterocycles. The average molecular weight is 522 g/mol. The van der Waals surface area contributed by atoms with E-state index in [9.17, 15) is 4.79 Å². The van der Waals surface area contributed by atoms with Crippen LogP contribution in [0.1, 0.15) is 36.3 Å². The lowest BCUT2D eigenvalue weighted by Gasteiger charge is -2.20. The molecule has 2 unspecified atom stereocenters. The number of anilines is 2. The van der Waals surface area contributed by atoms with Gasteiger partial charge >= 0.3 is 0 Å². The van der Waals surface area contributed by atoms with Crippen molar-refractivity contribution in [1.82, 2.24) is 19.8 Å². The van der Waals surface area contributed by atoms with Gasteiger partial charge in [-0.05, 0) is 50.1 Å². The number of allylic oxidation sites excluding steroid dienone is 1. The van der Waals surface area contributed by atoms with Gasteiger partial charge in [0.15, 0.2) is 6.61 Å². The third-order valence-corrected chi connectivity index (χ3v) is 8.26. The van der Waals surface area contributed by atoms with Crippen LogP contribution in [0.3, 0.4) is 0 Å². The van der Waals surface area contributed by atoms with E-state index in [1.807, 2.05) is 41.1 Å². The summed E-state index contributed by atoms with van der Waals surface area (Å²) in [5, 5.41) is 3.62. The van der Waals surface area contributed by atoms with Crippen LogP contribution in [-0.2, 0) is 16.1 Å². The number of likely N-dealkylation sites (tertiary alicyclic amines) is 1. The summed E-state index contributed by atoms with van der Waals surface area (Å²) in [6.07, 6.45) is 10.4. The Labute approximate surface area is 223 Å². The van der Waals surface area contributed by atoms with Crippen molar-refractivity contribution in [2.45, 2.75) is 31.6 Å². The predicted molar refractivity (Wildman–Crippen MR) is 147 cm³/mol. The van der Waals surface area contributed by atoms with Gasteiger partial charge in [0.25, 0.3) is 5.91 Å². The highest BCUT2D eigenvalue weighted by molar-refractivity contribution is 8.03. The molecule has 1 N–H and O–H groups in total. The number of amides is 1. The Hall–Kier alpha value is -2.88. The fraction of sp³-hybridized carbons (Fsp3) is 0.464. The van der Waals surface area contributed by atoms with Crippen LogP contribution >= 0.6 is 11.8 Å². The summed E-state index contributed by atoms with van der Waals surface area (Å²) >= 11 is 1.82. The van der Waals surface area contributed by atoms with Crippen LogP contribution < -0.4 is 10.1 Å². The van der Waals surface area contributed by atoms with Crippen LogP contribution in [-0.4, -0.2) is 72.2 Å². The van der Waals surface area contributed by atoms with Crippen LogP contribution in [0.15, 0.2) is 53.6 Å². The van der Waals surface area contributed by atoms with Crippen molar-refractivity contribution in [3.8, 4) is 5.75 Å². The molecule has 1 amide bonds. The molecule has 0 radical (unpaired) electrons. The maximum absolute atomic E-state index is 12.6. The lowest BCUT2D eigenvalue weighted by molar-refractivity contribution is -0.132. The lowest BCUT2D eigenvalue weighted by Crippen LogP contribution is -2.32. The molecule has 1 fully saturated rings. The number of carbonyl (C=O) groups excluding carboxylic acids is 1. The van der Waals surface area contributed by atoms with E-state index in [4.69, 9.17) is 14.5 Å². The Kier molecular flexibility index (Phi) is 8.43. The smallest absolute Gasteiger partial charge is 0.260 e. The summed E-state index contributed by atoms with van der Waals surface area (Å²) < 4.78 is 11.9. The highest BCUT2D eigenvalue weighted by Crippen LogP contribution is 2.46. The SMILES string of the molecule is CC1C=C2COC/C=C/CN(C)Cc3cc(ccc3OCC(=O)N3CCCC3)Nc3nccc(n3)C1S2. The van der Waals surface area contributed by atoms with Gasteiger partial charge in [-0.3, -0.25) is 9.69 Å². The van der Waals surface area contributed by atoms with Gasteiger partial charge in [0, 0.05) is 48.5 Å². The van der Waals surface area contributed by atoms with Gasteiger partial charge in [-0.2, -0.15) is 0 Å². The molecule has 5 rings (SSSR count). The van der Waals surface area contributed by atoms with Gasteiger partial charge < -0.3 is 19.7 Å². The highest BCUT2D eigenvalue weighted by Gasteiger charge is 2.28. The van der Waals surface area contributed by atoms with E-state index in [2.05, 4.69) is 53.5 Å². The molecule has 4 heterocycles. The van der Waals surface area contributed by atoms with Crippen molar-refractivity contribution >= 4 is 29.3 Å². The maximum Gasteiger partial charge on any atom is 0.260 e. The fourth-order valence-electron chi connectivity index (χ4n) is 4.85. The number of thioether (sulfide) groups is 1. The Morgan fingerprint density at radius 1 is 1.24 bits per heavy atom. The van der Waals surface area contributed by atoms with Gasteiger partial charge in [0.2, 0.25) is 5.95 Å². The first-order chi connectivity index (χ1) is 18.0. The standard InChI is InChI=1S/C28H35N5O3S/c1-20-15-23-18-35-14-6-5-11-32(2)17-21-16-22(30-28-29-10-9-24(31-28)27(20)37-23)7-8-25(21)36-19-26(34)33-12-3-4-13-33/h5-10,15-16,20,27H,3-4,11-14,17-19H2,1-2H3,(H,29,30,31)/b6-5+. The second-order valence-electron chi connectivity index (χ2n) is 9.84. The van der Waals surface area contributed by atoms with E-state index in [-0.39, 0.29) is 17.8 Å². The van der Waals surface area contributed by atoms with E-state index in [1.165, 1.54) is 4.91 Å². The van der Waals surface area contributed by atoms with Gasteiger partial charge in [0.05, 0.1) is 24.2 Å². The molecule has 2 atom stereocenters. The second kappa shape index (κ2) is 12.1. The van der Waals surface area contributed by atoms with Crippen LogP contribution in [0, 0.1) is 5.92 Å². The molecule has 3 aliphatic heterocycles. The summed E-state index contributed by atoms with van der Waals surface area (Å²) in [7, 11) is 2.07. The number of nitrogens with one attached hydrogen (secondary N) is 1. The van der Waals surface area contributed by atoms with Gasteiger partial charge in [-0.15, -0.1) is 11.8 Å². The Morgan fingerprint density at radius 2 is 2.11 bits per heavy atom. The molecule has 9 heteroatoms. The largest absolute Gasteiger partial charge is 0.483 e. The number of carbonyl (C=O) groups is 1. The Morgan fingerprint density at radius 3 is 2.97 bits per heavy atom. The number of aromatic nitrogens is 2. The fourth-order valence-corrected chi connectivity index (χ4v) is 6.16. The molecule has 37 heavy (non-hydrogen) atoms. The van der Waals surface area contributed by atoms with E-state index in [0.717, 1.165) is 55.2 Å². The minimum Gasteiger partial charge on any atom is -0.483 e. The molecule has 2 aromatic rings. The summed E-state index contributed by atoms with van der Waals surface area (Å²) in [6, 6.07) is 7.94. The number of rotatable bonds is 3. The highest BCUT2D eigenvalue weighted by atomic mass is 32.2. The van der Waals surface area contributed by atoms with Crippen molar-refractivity contribution in [3.63, 3.8) is 0 Å². The molecule has 196 valence electrons. The Balaban J connectivity index is 1.38. The number of hydrogen-bond acceptors (Lipinski definition) is 8. The third-order valence-electron chi connectivity index (χ3n) is 6.78. The first-order valence-electron chi connectivity index (χ1n) is 13.0. The number of likely N-dealkylation sites (N-methyl/N-ethyl adjacent to an activating group) is 1. The van der Waals surface area contributed by atoms with Crippen LogP contribution in [0.25, 0.3) is 0 Å². The van der Waals surface area contributed by atoms with E-state index in [0.29, 0.717) is 31.6 Å². The maximum atomic E-state index is 12.6. The van der Waals surface area contributed by atoms with Gasteiger partial charge in [-0.1, -0.05) is 25.2 Å². The summed E-state index contributed by atoms with van der Waals surface area (Å²) in [5.41, 5.74) is 2.88. The molecular formula is C28H35N5O3S. The molecule has 1 aromatic carbocycles. The first kappa shape index (κ1) is 25.8. The molecule has 6 bridgehead atoms. The summed E-state index contributed by atoms with van der Waals surface area (Å²) in [6.45, 7) is 6.55. The lowest BCUT2D eigenvalue weighted by atomic mass is 10.0. The van der Waals surface area contributed by atoms with Crippen LogP contribution in [0.2, 0.25) is 0 Å². The Bertz CT molecular complexity index is 1160. The van der Waals surface area contributed by atoms with Crippen LogP contribution in [0.5, 0.6) is 5.75 Å². The normalized spacial score (nSPS) is 23.5. The van der Waals surface area contributed by atoms with Crippen molar-refractivity contribution < 1.29 is 14.3 Å². The van der Waals surface area contributed by atoms with Gasteiger partial charge in [0.1, 0.15) is 5.75 Å². The zero-order valence-corrected chi connectivity index (χ0v) is 22.4. The molecule has 0 aliphatic carbocycles. The topological polar surface area (TPSA) is 79.8 Å². The summed E-state index contributed by atoms with van der Waals surface area (Å²) in [4.78, 5) is 27.2. The quantitative estimate of drug-likeness (QED) is 0.590. The molecular weight excluding hydrogens is 486 g/mol.